The highest BCUT2D eigenvalue weighted by atomic mass is 35.5. The SMILES string of the molecule is CCOC(=O)C(Cl)(c1ccccc1)C(C)C. The number of carbonyl (C=O) groups excluding carboxylic acids is 1. The van der Waals surface area contributed by atoms with Gasteiger partial charge in [-0.2, -0.15) is 0 Å². The number of carbonyl (C=O) groups is 1. The lowest BCUT2D eigenvalue weighted by Gasteiger charge is -2.29. The molecular weight excluding hydrogens is 224 g/mol. The molecule has 0 heterocycles. The number of ether oxygens (including phenoxy) is 1. The minimum absolute atomic E-state index is 0.0318. The third-order valence-corrected chi connectivity index (χ3v) is 3.37. The molecule has 16 heavy (non-hydrogen) atoms. The van der Waals surface area contributed by atoms with Gasteiger partial charge in [-0.3, -0.25) is 0 Å². The Balaban J connectivity index is 3.12. The Hall–Kier alpha value is -1.02. The number of halogens is 1. The molecule has 3 heteroatoms. The van der Waals surface area contributed by atoms with Gasteiger partial charge in [-0.05, 0) is 18.4 Å². The zero-order chi connectivity index (χ0) is 12.2. The van der Waals surface area contributed by atoms with Crippen molar-refractivity contribution in [2.45, 2.75) is 25.6 Å². The van der Waals surface area contributed by atoms with E-state index in [1.165, 1.54) is 0 Å². The van der Waals surface area contributed by atoms with Crippen LogP contribution in [0.25, 0.3) is 0 Å². The second-order valence-corrected chi connectivity index (χ2v) is 4.55. The van der Waals surface area contributed by atoms with Crippen LogP contribution in [0.1, 0.15) is 26.3 Å². The molecule has 1 atom stereocenters. The summed E-state index contributed by atoms with van der Waals surface area (Å²) in [6, 6.07) is 9.34. The fourth-order valence-corrected chi connectivity index (χ4v) is 1.78. The summed E-state index contributed by atoms with van der Waals surface area (Å²) < 4.78 is 5.05. The predicted octanol–water partition coefficient (Wildman–Crippen LogP) is 3.34. The van der Waals surface area contributed by atoms with Gasteiger partial charge in [-0.15, -0.1) is 11.6 Å². The van der Waals surface area contributed by atoms with Crippen molar-refractivity contribution < 1.29 is 9.53 Å². The van der Waals surface area contributed by atoms with E-state index in [1.54, 1.807) is 6.92 Å². The first kappa shape index (κ1) is 13.0. The molecule has 2 nitrogen and oxygen atoms in total. The van der Waals surface area contributed by atoms with Gasteiger partial charge >= 0.3 is 5.97 Å². The van der Waals surface area contributed by atoms with Crippen LogP contribution in [0.4, 0.5) is 0 Å². The Bertz CT molecular complexity index is 348. The Morgan fingerprint density at radius 1 is 1.38 bits per heavy atom. The van der Waals surface area contributed by atoms with E-state index >= 15 is 0 Å². The minimum Gasteiger partial charge on any atom is -0.464 e. The molecule has 0 radical (unpaired) electrons. The van der Waals surface area contributed by atoms with Gasteiger partial charge < -0.3 is 4.74 Å². The molecule has 0 fully saturated rings. The third-order valence-electron chi connectivity index (χ3n) is 2.56. The van der Waals surface area contributed by atoms with E-state index in [9.17, 15) is 4.79 Å². The third kappa shape index (κ3) is 2.38. The molecule has 1 aromatic rings. The minimum atomic E-state index is -1.09. The zero-order valence-corrected chi connectivity index (χ0v) is 10.6. The van der Waals surface area contributed by atoms with Crippen LogP contribution in [0, 0.1) is 5.92 Å². The topological polar surface area (TPSA) is 26.3 Å². The maximum absolute atomic E-state index is 12.0. The van der Waals surface area contributed by atoms with Crippen LogP contribution in [0.3, 0.4) is 0 Å². The van der Waals surface area contributed by atoms with Crippen LogP contribution in [-0.4, -0.2) is 12.6 Å². The first-order valence-corrected chi connectivity index (χ1v) is 5.83. The Labute approximate surface area is 102 Å². The van der Waals surface area contributed by atoms with E-state index in [-0.39, 0.29) is 11.9 Å². The van der Waals surface area contributed by atoms with Crippen LogP contribution in [0.2, 0.25) is 0 Å². The molecule has 0 spiro atoms. The lowest BCUT2D eigenvalue weighted by Crippen LogP contribution is -2.37. The molecule has 0 saturated carbocycles. The number of rotatable bonds is 4. The van der Waals surface area contributed by atoms with E-state index < -0.39 is 4.87 Å². The predicted molar refractivity (Wildman–Crippen MR) is 65.4 cm³/mol. The average Bonchev–Trinajstić information content (AvgIpc) is 2.29. The van der Waals surface area contributed by atoms with Crippen molar-refractivity contribution in [3.8, 4) is 0 Å². The number of alkyl halides is 1. The van der Waals surface area contributed by atoms with Crippen molar-refractivity contribution in [1.29, 1.82) is 0 Å². The van der Waals surface area contributed by atoms with Crippen molar-refractivity contribution in [1.82, 2.24) is 0 Å². The van der Waals surface area contributed by atoms with Crippen LogP contribution >= 0.6 is 11.6 Å². The standard InChI is InChI=1S/C13H17ClO2/c1-4-16-12(15)13(14,10(2)3)11-8-6-5-7-9-11/h5-10H,4H2,1-3H3. The Morgan fingerprint density at radius 2 is 1.94 bits per heavy atom. The molecule has 1 rings (SSSR count). The molecular formula is C13H17ClO2. The monoisotopic (exact) mass is 240 g/mol. The van der Waals surface area contributed by atoms with Crippen molar-refractivity contribution >= 4 is 17.6 Å². The molecule has 0 bridgehead atoms. The smallest absolute Gasteiger partial charge is 0.332 e. The van der Waals surface area contributed by atoms with Gasteiger partial charge in [0.15, 0.2) is 4.87 Å². The maximum atomic E-state index is 12.0. The van der Waals surface area contributed by atoms with E-state index in [2.05, 4.69) is 0 Å². The molecule has 0 saturated heterocycles. The molecule has 0 aliphatic heterocycles. The molecule has 88 valence electrons. The maximum Gasteiger partial charge on any atom is 0.332 e. The van der Waals surface area contributed by atoms with Gasteiger partial charge in [0.1, 0.15) is 0 Å². The lowest BCUT2D eigenvalue weighted by atomic mass is 9.87. The number of hydrogen-bond donors (Lipinski definition) is 0. The summed E-state index contributed by atoms with van der Waals surface area (Å²) in [6.07, 6.45) is 0. The van der Waals surface area contributed by atoms with E-state index in [0.717, 1.165) is 5.56 Å². The summed E-state index contributed by atoms with van der Waals surface area (Å²) in [5, 5.41) is 0. The van der Waals surface area contributed by atoms with Gasteiger partial charge in [0, 0.05) is 0 Å². The summed E-state index contributed by atoms with van der Waals surface area (Å²) >= 11 is 6.45. The number of benzene rings is 1. The van der Waals surface area contributed by atoms with E-state index in [1.807, 2.05) is 44.2 Å². The van der Waals surface area contributed by atoms with Gasteiger partial charge in [0.25, 0.3) is 0 Å². The molecule has 0 aliphatic rings. The molecule has 0 amide bonds. The summed E-state index contributed by atoms with van der Waals surface area (Å²) in [4.78, 5) is 10.9. The van der Waals surface area contributed by atoms with Crippen LogP contribution in [-0.2, 0) is 14.4 Å². The number of hydrogen-bond acceptors (Lipinski definition) is 2. The van der Waals surface area contributed by atoms with Gasteiger partial charge in [-0.1, -0.05) is 44.2 Å². The second kappa shape index (κ2) is 5.35. The first-order valence-electron chi connectivity index (χ1n) is 5.45. The van der Waals surface area contributed by atoms with E-state index in [0.29, 0.717) is 6.61 Å². The quantitative estimate of drug-likeness (QED) is 0.596. The highest BCUT2D eigenvalue weighted by molar-refractivity contribution is 6.34. The van der Waals surface area contributed by atoms with Gasteiger partial charge in [0.05, 0.1) is 6.61 Å². The molecule has 0 aliphatic carbocycles. The summed E-state index contributed by atoms with van der Waals surface area (Å²) in [5.74, 6) is -0.409. The average molecular weight is 241 g/mol. The van der Waals surface area contributed by atoms with Crippen LogP contribution < -0.4 is 0 Å². The Morgan fingerprint density at radius 3 is 2.38 bits per heavy atom. The normalized spacial score (nSPS) is 14.6. The molecule has 1 aromatic carbocycles. The molecule has 0 aromatic heterocycles. The fourth-order valence-electron chi connectivity index (χ4n) is 1.60. The highest BCUT2D eigenvalue weighted by Crippen LogP contribution is 2.37. The molecule has 0 N–H and O–H groups in total. The van der Waals surface area contributed by atoms with Crippen molar-refractivity contribution in [3.63, 3.8) is 0 Å². The van der Waals surface area contributed by atoms with Crippen molar-refractivity contribution in [2.24, 2.45) is 5.92 Å². The van der Waals surface area contributed by atoms with Gasteiger partial charge in [0.2, 0.25) is 0 Å². The van der Waals surface area contributed by atoms with Gasteiger partial charge in [-0.25, -0.2) is 4.79 Å². The van der Waals surface area contributed by atoms with Crippen molar-refractivity contribution in [3.05, 3.63) is 35.9 Å². The number of esters is 1. The Kier molecular flexibility index (Phi) is 4.36. The summed E-state index contributed by atoms with van der Waals surface area (Å²) in [7, 11) is 0. The summed E-state index contributed by atoms with van der Waals surface area (Å²) in [5.41, 5.74) is 0.783. The largest absolute Gasteiger partial charge is 0.464 e. The lowest BCUT2D eigenvalue weighted by molar-refractivity contribution is -0.148. The van der Waals surface area contributed by atoms with Crippen molar-refractivity contribution in [2.75, 3.05) is 6.61 Å². The van der Waals surface area contributed by atoms with E-state index in [4.69, 9.17) is 16.3 Å². The first-order chi connectivity index (χ1) is 7.53. The second-order valence-electron chi connectivity index (χ2n) is 3.95. The fraction of sp³-hybridized carbons (Fsp3) is 0.462. The summed E-state index contributed by atoms with van der Waals surface area (Å²) in [6.45, 7) is 5.95. The molecule has 1 unspecified atom stereocenters. The van der Waals surface area contributed by atoms with Crippen LogP contribution in [0.5, 0.6) is 0 Å². The van der Waals surface area contributed by atoms with Crippen LogP contribution in [0.15, 0.2) is 30.3 Å². The zero-order valence-electron chi connectivity index (χ0n) is 9.87. The highest BCUT2D eigenvalue weighted by Gasteiger charge is 2.42.